The van der Waals surface area contributed by atoms with Crippen LogP contribution in [0.5, 0.6) is 0 Å². The molecule has 7 nitrogen and oxygen atoms in total. The molecule has 7 atom stereocenters. The van der Waals surface area contributed by atoms with Crippen LogP contribution in [-0.4, -0.2) is 37.1 Å². The molecule has 0 spiro atoms. The number of hydrogen-bond acceptors (Lipinski definition) is 6. The molecular weight excluding hydrogens is 492 g/mol. The van der Waals surface area contributed by atoms with Gasteiger partial charge in [0.1, 0.15) is 5.78 Å². The minimum absolute atomic E-state index is 0.165. The Morgan fingerprint density at radius 1 is 1.03 bits per heavy atom. The number of Topliss-reactive ketones (excluding diaryl/α,β-unsaturated/α-hetero) is 1. The Morgan fingerprint density at radius 3 is 2.51 bits per heavy atom. The summed E-state index contributed by atoms with van der Waals surface area (Å²) >= 11 is 0. The number of hydrogen-bond donors (Lipinski definition) is 1. The van der Waals surface area contributed by atoms with E-state index in [-0.39, 0.29) is 23.4 Å². The van der Waals surface area contributed by atoms with Crippen molar-refractivity contribution in [1.82, 2.24) is 5.32 Å². The lowest BCUT2D eigenvalue weighted by Gasteiger charge is -2.58. The topological polar surface area (TPSA) is 94.1 Å². The van der Waals surface area contributed by atoms with Crippen LogP contribution in [0.25, 0.3) is 0 Å². The molecule has 0 bridgehead atoms. The van der Waals surface area contributed by atoms with E-state index in [0.717, 1.165) is 37.8 Å². The smallest absolute Gasteiger partial charge is 0.333 e. The first kappa shape index (κ1) is 27.6. The van der Waals surface area contributed by atoms with E-state index in [9.17, 15) is 14.4 Å². The fraction of sp³-hybridized carbons (Fsp3) is 0.625. The number of esters is 1. The average Bonchev–Trinajstić information content (AvgIpc) is 3.29. The van der Waals surface area contributed by atoms with Gasteiger partial charge in [0, 0.05) is 5.92 Å². The van der Waals surface area contributed by atoms with Crippen molar-refractivity contribution in [1.29, 1.82) is 0 Å². The van der Waals surface area contributed by atoms with Gasteiger partial charge in [-0.15, -0.1) is 0 Å². The second-order valence-corrected chi connectivity index (χ2v) is 12.6. The largest absolute Gasteiger partial charge is 0.467 e. The minimum Gasteiger partial charge on any atom is -0.467 e. The molecule has 39 heavy (non-hydrogen) atoms. The molecule has 0 aromatic heterocycles. The molecule has 0 aliphatic heterocycles. The number of ether oxygens (including phenoxy) is 1. The van der Waals surface area contributed by atoms with Gasteiger partial charge in [-0.25, -0.2) is 4.79 Å². The first-order chi connectivity index (χ1) is 18.7. The lowest BCUT2D eigenvalue weighted by molar-refractivity contribution is -0.145. The predicted molar refractivity (Wildman–Crippen MR) is 149 cm³/mol. The normalized spacial score (nSPS) is 35.1. The Morgan fingerprint density at radius 2 is 1.79 bits per heavy atom. The zero-order valence-corrected chi connectivity index (χ0v) is 23.7. The second-order valence-electron chi connectivity index (χ2n) is 12.6. The summed E-state index contributed by atoms with van der Waals surface area (Å²) in [5.74, 6) is 1.66. The van der Waals surface area contributed by atoms with Gasteiger partial charge in [-0.2, -0.15) is 0 Å². The Hall–Kier alpha value is -2.96. The highest BCUT2D eigenvalue weighted by Crippen LogP contribution is 2.66. The van der Waals surface area contributed by atoms with Crippen LogP contribution in [0.1, 0.15) is 83.7 Å². The minimum atomic E-state index is -0.893. The molecule has 1 N–H and O–H groups in total. The van der Waals surface area contributed by atoms with E-state index in [1.165, 1.54) is 31.9 Å². The van der Waals surface area contributed by atoms with Crippen LogP contribution in [0.4, 0.5) is 0 Å². The number of amides is 1. The Kier molecular flexibility index (Phi) is 7.71. The zero-order valence-electron chi connectivity index (χ0n) is 23.7. The molecule has 210 valence electrons. The van der Waals surface area contributed by atoms with E-state index in [0.29, 0.717) is 29.1 Å². The monoisotopic (exact) mass is 534 g/mol. The molecular formula is C32H42N2O5. The fourth-order valence-electron chi connectivity index (χ4n) is 8.73. The van der Waals surface area contributed by atoms with Crippen LogP contribution in [0.15, 0.2) is 47.1 Å². The molecule has 1 amide bonds. The van der Waals surface area contributed by atoms with Crippen LogP contribution in [0.2, 0.25) is 0 Å². The third-order valence-corrected chi connectivity index (χ3v) is 10.7. The summed E-state index contributed by atoms with van der Waals surface area (Å²) in [6.07, 6.45) is 10.9. The molecule has 7 heteroatoms. The van der Waals surface area contributed by atoms with Crippen molar-refractivity contribution in [2.75, 3.05) is 13.7 Å². The van der Waals surface area contributed by atoms with E-state index >= 15 is 0 Å². The molecule has 3 saturated carbocycles. The van der Waals surface area contributed by atoms with Crippen molar-refractivity contribution in [2.24, 2.45) is 39.7 Å². The van der Waals surface area contributed by atoms with Crippen LogP contribution < -0.4 is 5.32 Å². The van der Waals surface area contributed by atoms with Crippen LogP contribution in [-0.2, 0) is 24.0 Å². The van der Waals surface area contributed by atoms with E-state index < -0.39 is 17.9 Å². The van der Waals surface area contributed by atoms with E-state index in [4.69, 9.17) is 9.57 Å². The molecule has 3 fully saturated rings. The van der Waals surface area contributed by atoms with Crippen LogP contribution >= 0.6 is 0 Å². The first-order valence-corrected chi connectivity index (χ1v) is 14.5. The maximum Gasteiger partial charge on any atom is 0.333 e. The summed E-state index contributed by atoms with van der Waals surface area (Å²) in [6.45, 7) is 6.36. The van der Waals surface area contributed by atoms with Crippen LogP contribution in [0.3, 0.4) is 0 Å². The molecule has 0 heterocycles. The number of rotatable bonds is 7. The molecule has 1 aromatic carbocycles. The number of carbonyl (C=O) groups excluding carboxylic acids is 3. The second kappa shape index (κ2) is 10.9. The van der Waals surface area contributed by atoms with Gasteiger partial charge in [-0.3, -0.25) is 9.59 Å². The number of ketones is 1. The Balaban J connectivity index is 1.22. The molecule has 0 radical (unpaired) electrons. The fourth-order valence-corrected chi connectivity index (χ4v) is 8.73. The number of oxime groups is 1. The van der Waals surface area contributed by atoms with E-state index in [2.05, 4.69) is 30.4 Å². The van der Waals surface area contributed by atoms with Gasteiger partial charge >= 0.3 is 5.97 Å². The molecule has 4 aliphatic carbocycles. The van der Waals surface area contributed by atoms with Crippen LogP contribution in [0, 0.1) is 34.5 Å². The van der Waals surface area contributed by atoms with Gasteiger partial charge in [0.2, 0.25) is 0 Å². The van der Waals surface area contributed by atoms with Crippen molar-refractivity contribution < 1.29 is 24.0 Å². The average molecular weight is 535 g/mol. The third-order valence-electron chi connectivity index (χ3n) is 10.7. The zero-order chi connectivity index (χ0) is 27.8. The highest BCUT2D eigenvalue weighted by atomic mass is 16.6. The summed E-state index contributed by atoms with van der Waals surface area (Å²) in [5, 5.41) is 7.00. The summed E-state index contributed by atoms with van der Waals surface area (Å²) in [7, 11) is 1.30. The number of nitrogens with zero attached hydrogens (tertiary/aromatic N) is 1. The van der Waals surface area contributed by atoms with Gasteiger partial charge in [0.15, 0.2) is 12.6 Å². The summed E-state index contributed by atoms with van der Waals surface area (Å²) in [6, 6.07) is 8.10. The van der Waals surface area contributed by atoms with Gasteiger partial charge in [0.25, 0.3) is 5.91 Å². The Labute approximate surface area is 231 Å². The molecule has 0 unspecified atom stereocenters. The summed E-state index contributed by atoms with van der Waals surface area (Å²) in [4.78, 5) is 42.6. The number of fused-ring (bicyclic) bond motifs is 5. The molecule has 1 aromatic rings. The van der Waals surface area contributed by atoms with Crippen molar-refractivity contribution >= 4 is 23.4 Å². The Bertz CT molecular complexity index is 1180. The lowest BCUT2D eigenvalue weighted by atomic mass is 9.46. The molecule has 0 saturated heterocycles. The summed E-state index contributed by atoms with van der Waals surface area (Å²) < 4.78 is 4.86. The number of benzene rings is 1. The van der Waals surface area contributed by atoms with Gasteiger partial charge in [-0.1, -0.05) is 54.9 Å². The highest BCUT2D eigenvalue weighted by Gasteiger charge is 2.59. The van der Waals surface area contributed by atoms with Gasteiger partial charge < -0.3 is 14.9 Å². The summed E-state index contributed by atoms with van der Waals surface area (Å²) in [5.41, 5.74) is 3.32. The van der Waals surface area contributed by atoms with E-state index in [1.54, 1.807) is 31.2 Å². The SMILES string of the molecule is COC(=O)[C@@H](NC(=O)CON=C1C=C2CC[C@H]3[C@@H]4CC[C@H](C(C)=O)[C@@]4(C)CC[C@@H]3[C@@]2(C)CC1)c1ccccc1. The van der Waals surface area contributed by atoms with Gasteiger partial charge in [0.05, 0.1) is 12.8 Å². The number of allylic oxidation sites excluding steroid dienone is 2. The van der Waals surface area contributed by atoms with Gasteiger partial charge in [-0.05, 0) is 98.5 Å². The third kappa shape index (κ3) is 5.05. The first-order valence-electron chi connectivity index (χ1n) is 14.5. The highest BCUT2D eigenvalue weighted by molar-refractivity contribution is 5.96. The number of carbonyl (C=O) groups is 3. The number of methoxy groups -OCH3 is 1. The molecule has 4 aliphatic rings. The quantitative estimate of drug-likeness (QED) is 0.365. The predicted octanol–water partition coefficient (Wildman–Crippen LogP) is 5.56. The standard InChI is InChI=1S/C32H42N2O5/c1-20(35)25-12-13-26-24-11-10-22-18-23(14-16-31(22,2)27(24)15-17-32(25,26)3)34-39-19-28(36)33-29(30(37)38-4)21-8-6-5-7-9-21/h5-9,18,24-27,29H,10-17,19H2,1-4H3,(H,33,36)/t24-,25+,26-,27-,29-,31-,32+/m0/s1. The van der Waals surface area contributed by atoms with Crippen molar-refractivity contribution in [2.45, 2.75) is 78.2 Å². The maximum absolute atomic E-state index is 12.6. The van der Waals surface area contributed by atoms with Crippen molar-refractivity contribution in [3.8, 4) is 0 Å². The van der Waals surface area contributed by atoms with Crippen molar-refractivity contribution in [3.05, 3.63) is 47.5 Å². The maximum atomic E-state index is 12.6. The van der Waals surface area contributed by atoms with Crippen molar-refractivity contribution in [3.63, 3.8) is 0 Å². The number of nitrogens with one attached hydrogen (secondary N) is 1. The molecule has 5 rings (SSSR count). The van der Waals surface area contributed by atoms with E-state index in [1.807, 2.05) is 6.07 Å². The lowest BCUT2D eigenvalue weighted by Crippen LogP contribution is -2.51.